The third-order valence-corrected chi connectivity index (χ3v) is 2.34. The van der Waals surface area contributed by atoms with Crippen molar-refractivity contribution < 1.29 is 14.3 Å². The van der Waals surface area contributed by atoms with Crippen LogP contribution in [0.25, 0.3) is 0 Å². The lowest BCUT2D eigenvalue weighted by molar-refractivity contribution is -0.148. The molecule has 0 spiro atoms. The highest BCUT2D eigenvalue weighted by molar-refractivity contribution is 5.75. The molecule has 1 aliphatic heterocycles. The summed E-state index contributed by atoms with van der Waals surface area (Å²) in [5.74, 6) is 0.116. The molecule has 0 aromatic carbocycles. The topological polar surface area (TPSA) is 35.5 Å². The number of carbonyl (C=O) groups excluding carboxylic acids is 1. The van der Waals surface area contributed by atoms with E-state index < -0.39 is 0 Å². The molecule has 0 saturated carbocycles. The van der Waals surface area contributed by atoms with E-state index in [1.807, 2.05) is 0 Å². The molecule has 1 heterocycles. The Hall–Kier alpha value is -0.570. The molecule has 0 bridgehead atoms. The third-order valence-electron chi connectivity index (χ3n) is 2.34. The van der Waals surface area contributed by atoms with E-state index in [9.17, 15) is 4.79 Å². The van der Waals surface area contributed by atoms with Crippen molar-refractivity contribution in [2.75, 3.05) is 0 Å². The molecule has 2 atom stereocenters. The van der Waals surface area contributed by atoms with E-state index in [4.69, 9.17) is 9.47 Å². The van der Waals surface area contributed by atoms with Gasteiger partial charge < -0.3 is 9.47 Å². The number of ether oxygens (including phenoxy) is 2. The molecule has 0 aromatic rings. The molecule has 12 heavy (non-hydrogen) atoms. The van der Waals surface area contributed by atoms with E-state index in [-0.39, 0.29) is 18.4 Å². The van der Waals surface area contributed by atoms with E-state index in [1.165, 1.54) is 0 Å². The normalized spacial score (nSPS) is 29.5. The number of esters is 1. The second-order valence-corrected chi connectivity index (χ2v) is 3.16. The van der Waals surface area contributed by atoms with Gasteiger partial charge in [0.1, 0.15) is 0 Å². The molecule has 0 aliphatic carbocycles. The zero-order valence-electron chi connectivity index (χ0n) is 7.87. The van der Waals surface area contributed by atoms with E-state index in [0.717, 1.165) is 12.8 Å². The maximum Gasteiger partial charge on any atom is 0.337 e. The van der Waals surface area contributed by atoms with Crippen LogP contribution in [0.1, 0.15) is 33.6 Å². The van der Waals surface area contributed by atoms with E-state index in [2.05, 4.69) is 13.8 Å². The van der Waals surface area contributed by atoms with Gasteiger partial charge in [-0.25, -0.2) is 4.79 Å². The summed E-state index contributed by atoms with van der Waals surface area (Å²) >= 11 is 0. The van der Waals surface area contributed by atoms with Gasteiger partial charge >= 0.3 is 5.97 Å². The maximum absolute atomic E-state index is 11.0. The molecule has 3 nitrogen and oxygen atoms in total. The Morgan fingerprint density at radius 3 is 2.33 bits per heavy atom. The Balaban J connectivity index is 2.49. The lowest BCUT2D eigenvalue weighted by Gasteiger charge is -2.17. The van der Waals surface area contributed by atoms with Gasteiger partial charge in [-0.2, -0.15) is 0 Å². The highest BCUT2D eigenvalue weighted by atomic mass is 16.8. The van der Waals surface area contributed by atoms with Crippen molar-refractivity contribution in [1.82, 2.24) is 0 Å². The van der Waals surface area contributed by atoms with Crippen LogP contribution in [0.15, 0.2) is 0 Å². The number of cyclic esters (lactones) is 1. The first-order valence-corrected chi connectivity index (χ1v) is 4.55. The van der Waals surface area contributed by atoms with Crippen LogP contribution < -0.4 is 0 Å². The van der Waals surface area contributed by atoms with Crippen molar-refractivity contribution in [2.24, 2.45) is 5.92 Å². The molecule has 1 rings (SSSR count). The summed E-state index contributed by atoms with van der Waals surface area (Å²) in [6, 6.07) is 0. The summed E-state index contributed by atoms with van der Waals surface area (Å²) in [6.45, 7) is 5.88. The monoisotopic (exact) mass is 172 g/mol. The van der Waals surface area contributed by atoms with Gasteiger partial charge in [-0.05, 0) is 19.8 Å². The van der Waals surface area contributed by atoms with Gasteiger partial charge in [-0.15, -0.1) is 0 Å². The summed E-state index contributed by atoms with van der Waals surface area (Å²) in [5, 5.41) is 0. The molecule has 0 radical (unpaired) electrons. The summed E-state index contributed by atoms with van der Waals surface area (Å²) in [4.78, 5) is 11.0. The average molecular weight is 172 g/mol. The largest absolute Gasteiger partial charge is 0.434 e. The molecule has 3 heteroatoms. The molecule has 1 aliphatic rings. The van der Waals surface area contributed by atoms with Crippen molar-refractivity contribution >= 4 is 5.97 Å². The van der Waals surface area contributed by atoms with Gasteiger partial charge in [0.05, 0.1) is 0 Å². The highest BCUT2D eigenvalue weighted by Gasteiger charge is 2.35. The molecule has 0 N–H and O–H groups in total. The zero-order chi connectivity index (χ0) is 9.14. The predicted molar refractivity (Wildman–Crippen MR) is 44.5 cm³/mol. The van der Waals surface area contributed by atoms with Gasteiger partial charge in [0.15, 0.2) is 6.10 Å². The number of hydrogen-bond acceptors (Lipinski definition) is 3. The average Bonchev–Trinajstić information content (AvgIpc) is 2.35. The number of carbonyl (C=O) groups is 1. The van der Waals surface area contributed by atoms with Gasteiger partial charge in [0.2, 0.25) is 6.29 Å². The van der Waals surface area contributed by atoms with E-state index >= 15 is 0 Å². The minimum Gasteiger partial charge on any atom is -0.434 e. The van der Waals surface area contributed by atoms with Crippen molar-refractivity contribution in [3.63, 3.8) is 0 Å². The molecule has 0 unspecified atom stereocenters. The second-order valence-electron chi connectivity index (χ2n) is 3.16. The first kappa shape index (κ1) is 9.52. The lowest BCUT2D eigenvalue weighted by atomic mass is 10.0. The molecular weight excluding hydrogens is 156 g/mol. The maximum atomic E-state index is 11.0. The van der Waals surface area contributed by atoms with Crippen LogP contribution in [0.4, 0.5) is 0 Å². The number of hydrogen-bond donors (Lipinski definition) is 0. The van der Waals surface area contributed by atoms with Crippen LogP contribution in [0, 0.1) is 5.92 Å². The van der Waals surface area contributed by atoms with Crippen molar-refractivity contribution in [1.29, 1.82) is 0 Å². The fourth-order valence-electron chi connectivity index (χ4n) is 1.38. The fourth-order valence-corrected chi connectivity index (χ4v) is 1.38. The summed E-state index contributed by atoms with van der Waals surface area (Å²) < 4.78 is 10.4. The Bertz CT molecular complexity index is 163. The van der Waals surface area contributed by atoms with Crippen molar-refractivity contribution in [2.45, 2.75) is 46.0 Å². The Morgan fingerprint density at radius 2 is 2.00 bits per heavy atom. The SMILES string of the molecule is CCC(CC)[C@H]1OC(=O)[C@H](C)O1. The van der Waals surface area contributed by atoms with Crippen molar-refractivity contribution in [3.8, 4) is 0 Å². The van der Waals surface area contributed by atoms with E-state index in [0.29, 0.717) is 5.92 Å². The molecule has 1 fully saturated rings. The predicted octanol–water partition coefficient (Wildman–Crippen LogP) is 1.71. The second kappa shape index (κ2) is 3.90. The minimum absolute atomic E-state index is 0.230. The number of rotatable bonds is 3. The van der Waals surface area contributed by atoms with Gasteiger partial charge in [0.25, 0.3) is 0 Å². The first-order chi connectivity index (χ1) is 5.69. The molecule has 0 amide bonds. The standard InChI is InChI=1S/C9H16O3/c1-4-7(5-2)9-11-6(3)8(10)12-9/h6-7,9H,4-5H2,1-3H3/t6-,9+/m0/s1. The third kappa shape index (κ3) is 1.78. The Morgan fingerprint density at radius 1 is 1.42 bits per heavy atom. The van der Waals surface area contributed by atoms with Crippen LogP contribution in [0.3, 0.4) is 0 Å². The lowest BCUT2D eigenvalue weighted by Crippen LogP contribution is -2.20. The summed E-state index contributed by atoms with van der Waals surface area (Å²) in [5.41, 5.74) is 0. The van der Waals surface area contributed by atoms with Gasteiger partial charge in [-0.3, -0.25) is 0 Å². The highest BCUT2D eigenvalue weighted by Crippen LogP contribution is 2.24. The van der Waals surface area contributed by atoms with Crippen LogP contribution in [-0.4, -0.2) is 18.4 Å². The smallest absolute Gasteiger partial charge is 0.337 e. The van der Waals surface area contributed by atoms with Crippen LogP contribution in [0.2, 0.25) is 0 Å². The van der Waals surface area contributed by atoms with Gasteiger partial charge in [-0.1, -0.05) is 13.8 Å². The van der Waals surface area contributed by atoms with Gasteiger partial charge in [0, 0.05) is 5.92 Å². The van der Waals surface area contributed by atoms with Crippen LogP contribution >= 0.6 is 0 Å². The Kier molecular flexibility index (Phi) is 3.09. The molecule has 1 saturated heterocycles. The van der Waals surface area contributed by atoms with E-state index in [1.54, 1.807) is 6.92 Å². The molecule has 0 aromatic heterocycles. The first-order valence-electron chi connectivity index (χ1n) is 4.55. The molecule has 70 valence electrons. The summed E-state index contributed by atoms with van der Waals surface area (Å²) in [6.07, 6.45) is 1.29. The zero-order valence-corrected chi connectivity index (χ0v) is 7.87. The Labute approximate surface area is 73.0 Å². The van der Waals surface area contributed by atoms with Crippen molar-refractivity contribution in [3.05, 3.63) is 0 Å². The fraction of sp³-hybridized carbons (Fsp3) is 0.889. The van der Waals surface area contributed by atoms with Crippen LogP contribution in [0.5, 0.6) is 0 Å². The van der Waals surface area contributed by atoms with Crippen LogP contribution in [-0.2, 0) is 14.3 Å². The quantitative estimate of drug-likeness (QED) is 0.608. The molecular formula is C9H16O3. The summed E-state index contributed by atoms with van der Waals surface area (Å²) in [7, 11) is 0. The minimum atomic E-state index is -0.379.